The van der Waals surface area contributed by atoms with E-state index < -0.39 is 7.12 Å². The van der Waals surface area contributed by atoms with E-state index in [1.165, 1.54) is 0 Å². The van der Waals surface area contributed by atoms with Crippen molar-refractivity contribution >= 4 is 12.6 Å². The van der Waals surface area contributed by atoms with Gasteiger partial charge in [0.2, 0.25) is 5.75 Å². The van der Waals surface area contributed by atoms with Gasteiger partial charge in [0, 0.05) is 5.46 Å². The Morgan fingerprint density at radius 1 is 0.485 bits per heavy atom. The summed E-state index contributed by atoms with van der Waals surface area (Å²) in [6.07, 6.45) is 0. The van der Waals surface area contributed by atoms with Gasteiger partial charge in [-0.25, -0.2) is 0 Å². The molecule has 0 aliphatic rings. The number of benzene rings is 4. The van der Waals surface area contributed by atoms with Crippen molar-refractivity contribution in [3.63, 3.8) is 0 Å². The summed E-state index contributed by atoms with van der Waals surface area (Å²) in [7, 11) is -1.72. The lowest BCUT2D eigenvalue weighted by atomic mass is 9.79. The Kier molecular flexibility index (Phi) is 7.64. The van der Waals surface area contributed by atoms with E-state index in [9.17, 15) is 10.0 Å². The second-order valence-corrected chi connectivity index (χ2v) is 7.51. The fourth-order valence-electron chi connectivity index (χ4n) is 3.36. The molecule has 4 aromatic carbocycles. The summed E-state index contributed by atoms with van der Waals surface area (Å²) >= 11 is 0. The molecule has 0 spiro atoms. The number of rotatable bonds is 10. The summed E-state index contributed by atoms with van der Waals surface area (Å²) in [5.41, 5.74) is 3.13. The minimum absolute atomic E-state index is 0.209. The Bertz CT molecular complexity index is 1140. The van der Waals surface area contributed by atoms with Crippen LogP contribution in [0.15, 0.2) is 103 Å². The van der Waals surface area contributed by atoms with Gasteiger partial charge in [0.25, 0.3) is 0 Å². The van der Waals surface area contributed by atoms with E-state index in [0.29, 0.717) is 18.1 Å². The topological polar surface area (TPSA) is 68.2 Å². The van der Waals surface area contributed by atoms with Gasteiger partial charge in [-0.3, -0.25) is 0 Å². The SMILES string of the molecule is OB(O)c1ccc(OCc2ccccc2)c(OCc2ccccc2)c1OCc1ccccc1. The fourth-order valence-corrected chi connectivity index (χ4v) is 3.36. The summed E-state index contributed by atoms with van der Waals surface area (Å²) in [6, 6.07) is 32.4. The second-order valence-electron chi connectivity index (χ2n) is 7.51. The zero-order chi connectivity index (χ0) is 22.9. The molecule has 0 aliphatic carbocycles. The van der Waals surface area contributed by atoms with Crippen molar-refractivity contribution in [2.75, 3.05) is 0 Å². The van der Waals surface area contributed by atoms with Gasteiger partial charge in [0.1, 0.15) is 19.8 Å². The third-order valence-corrected chi connectivity index (χ3v) is 5.07. The first-order valence-corrected chi connectivity index (χ1v) is 10.7. The minimum atomic E-state index is -1.72. The van der Waals surface area contributed by atoms with Crippen LogP contribution in [0.4, 0.5) is 0 Å². The molecule has 0 aromatic heterocycles. The van der Waals surface area contributed by atoms with Gasteiger partial charge in [0.05, 0.1) is 0 Å². The Hall–Kier alpha value is -3.74. The molecule has 0 radical (unpaired) electrons. The summed E-state index contributed by atoms with van der Waals surface area (Å²) in [6.45, 7) is 0.849. The van der Waals surface area contributed by atoms with E-state index in [1.807, 2.05) is 91.0 Å². The first-order chi connectivity index (χ1) is 16.2. The van der Waals surface area contributed by atoms with Crippen LogP contribution in [0.1, 0.15) is 16.7 Å². The summed E-state index contributed by atoms with van der Waals surface area (Å²) in [4.78, 5) is 0. The number of ether oxygens (including phenoxy) is 3. The molecule has 0 amide bonds. The zero-order valence-electron chi connectivity index (χ0n) is 18.1. The molecular weight excluding hydrogens is 415 g/mol. The highest BCUT2D eigenvalue weighted by atomic mass is 16.5. The third kappa shape index (κ3) is 6.16. The maximum absolute atomic E-state index is 9.99. The molecule has 33 heavy (non-hydrogen) atoms. The van der Waals surface area contributed by atoms with E-state index in [0.717, 1.165) is 16.7 Å². The number of hydrogen-bond acceptors (Lipinski definition) is 5. The Morgan fingerprint density at radius 2 is 0.909 bits per heavy atom. The highest BCUT2D eigenvalue weighted by Gasteiger charge is 2.25. The molecule has 0 saturated heterocycles. The third-order valence-electron chi connectivity index (χ3n) is 5.07. The molecule has 0 fully saturated rings. The molecule has 0 atom stereocenters. The largest absolute Gasteiger partial charge is 0.492 e. The van der Waals surface area contributed by atoms with Crippen molar-refractivity contribution in [1.29, 1.82) is 0 Å². The van der Waals surface area contributed by atoms with Crippen LogP contribution in [0.25, 0.3) is 0 Å². The van der Waals surface area contributed by atoms with E-state index in [1.54, 1.807) is 12.1 Å². The lowest BCUT2D eigenvalue weighted by Gasteiger charge is -2.20. The van der Waals surface area contributed by atoms with Crippen LogP contribution in [0.2, 0.25) is 0 Å². The van der Waals surface area contributed by atoms with Gasteiger partial charge in [0.15, 0.2) is 11.5 Å². The molecule has 4 aromatic rings. The Morgan fingerprint density at radius 3 is 1.36 bits per heavy atom. The van der Waals surface area contributed by atoms with Gasteiger partial charge in [-0.2, -0.15) is 0 Å². The van der Waals surface area contributed by atoms with Crippen molar-refractivity contribution in [3.8, 4) is 17.2 Å². The molecule has 0 bridgehead atoms. The predicted octanol–water partition coefficient (Wildman–Crippen LogP) is 4.10. The lowest BCUT2D eigenvalue weighted by molar-refractivity contribution is 0.230. The summed E-state index contributed by atoms with van der Waals surface area (Å²) in [5.74, 6) is 1.04. The molecule has 0 aliphatic heterocycles. The van der Waals surface area contributed by atoms with E-state index in [4.69, 9.17) is 14.2 Å². The van der Waals surface area contributed by atoms with Crippen LogP contribution in [-0.2, 0) is 19.8 Å². The molecule has 0 unspecified atom stereocenters. The Balaban J connectivity index is 1.66. The van der Waals surface area contributed by atoms with E-state index in [2.05, 4.69) is 0 Å². The molecular formula is C27H25BO5. The van der Waals surface area contributed by atoms with Gasteiger partial charge >= 0.3 is 7.12 Å². The van der Waals surface area contributed by atoms with Crippen LogP contribution in [0, 0.1) is 0 Å². The quantitative estimate of drug-likeness (QED) is 0.364. The van der Waals surface area contributed by atoms with E-state index in [-0.39, 0.29) is 24.4 Å². The second kappa shape index (κ2) is 11.2. The first kappa shape index (κ1) is 22.5. The van der Waals surface area contributed by atoms with E-state index >= 15 is 0 Å². The highest BCUT2D eigenvalue weighted by molar-refractivity contribution is 6.60. The molecule has 2 N–H and O–H groups in total. The van der Waals surface area contributed by atoms with Crippen molar-refractivity contribution in [2.24, 2.45) is 0 Å². The summed E-state index contributed by atoms with van der Waals surface area (Å²) in [5, 5.41) is 20.0. The standard InChI is InChI=1S/C27H25BO5/c29-28(30)24-16-17-25(31-18-21-10-4-1-5-11-21)27(33-20-23-14-8-3-9-15-23)26(24)32-19-22-12-6-2-7-13-22/h1-17,29-30H,18-20H2. The van der Waals surface area contributed by atoms with Gasteiger partial charge < -0.3 is 24.3 Å². The molecule has 5 nitrogen and oxygen atoms in total. The lowest BCUT2D eigenvalue weighted by Crippen LogP contribution is -2.32. The Labute approximate surface area is 194 Å². The van der Waals surface area contributed by atoms with Crippen molar-refractivity contribution < 1.29 is 24.3 Å². The van der Waals surface area contributed by atoms with Gasteiger partial charge in [-0.1, -0.05) is 97.1 Å². The maximum atomic E-state index is 9.99. The average Bonchev–Trinajstić information content (AvgIpc) is 2.86. The zero-order valence-corrected chi connectivity index (χ0v) is 18.1. The van der Waals surface area contributed by atoms with Gasteiger partial charge in [-0.05, 0) is 22.8 Å². The van der Waals surface area contributed by atoms with Crippen LogP contribution in [0.3, 0.4) is 0 Å². The minimum Gasteiger partial charge on any atom is -0.485 e. The van der Waals surface area contributed by atoms with Crippen molar-refractivity contribution in [1.82, 2.24) is 0 Å². The molecule has 0 heterocycles. The van der Waals surface area contributed by atoms with Crippen molar-refractivity contribution in [3.05, 3.63) is 120 Å². The van der Waals surface area contributed by atoms with Crippen molar-refractivity contribution in [2.45, 2.75) is 19.8 Å². The predicted molar refractivity (Wildman–Crippen MR) is 129 cm³/mol. The van der Waals surface area contributed by atoms with Crippen LogP contribution in [0.5, 0.6) is 17.2 Å². The first-order valence-electron chi connectivity index (χ1n) is 10.7. The number of hydrogen-bond donors (Lipinski definition) is 2. The highest BCUT2D eigenvalue weighted by Crippen LogP contribution is 2.38. The smallest absolute Gasteiger partial charge is 0.485 e. The molecule has 0 saturated carbocycles. The monoisotopic (exact) mass is 440 g/mol. The molecule has 4 rings (SSSR count). The van der Waals surface area contributed by atoms with Crippen LogP contribution < -0.4 is 19.7 Å². The summed E-state index contributed by atoms with van der Waals surface area (Å²) < 4.78 is 18.3. The fraction of sp³-hybridized carbons (Fsp3) is 0.111. The van der Waals surface area contributed by atoms with Crippen LogP contribution >= 0.6 is 0 Å². The average molecular weight is 440 g/mol. The van der Waals surface area contributed by atoms with Crippen LogP contribution in [-0.4, -0.2) is 17.2 Å². The molecule has 6 heteroatoms. The maximum Gasteiger partial charge on any atom is 0.492 e. The van der Waals surface area contributed by atoms with Gasteiger partial charge in [-0.15, -0.1) is 0 Å². The molecule has 166 valence electrons. The normalized spacial score (nSPS) is 10.5.